The first kappa shape index (κ1) is 18.1. The van der Waals surface area contributed by atoms with Gasteiger partial charge >= 0.3 is 0 Å². The number of piperidine rings is 1. The molecule has 0 radical (unpaired) electrons. The fourth-order valence-corrected chi connectivity index (χ4v) is 3.36. The second kappa shape index (κ2) is 8.16. The van der Waals surface area contributed by atoms with Crippen molar-refractivity contribution in [2.45, 2.75) is 25.3 Å². The molecule has 3 aromatic rings. The van der Waals surface area contributed by atoms with E-state index in [4.69, 9.17) is 4.74 Å². The van der Waals surface area contributed by atoms with Gasteiger partial charge < -0.3 is 9.64 Å². The highest BCUT2D eigenvalue weighted by Crippen LogP contribution is 2.34. The topological polar surface area (TPSA) is 73.1 Å². The van der Waals surface area contributed by atoms with Gasteiger partial charge in [-0.2, -0.15) is 5.10 Å². The molecule has 2 aromatic heterocycles. The third-order valence-corrected chi connectivity index (χ3v) is 4.83. The molecule has 7 nitrogen and oxygen atoms in total. The molecule has 144 valence electrons. The Morgan fingerprint density at radius 1 is 1.11 bits per heavy atom. The van der Waals surface area contributed by atoms with Crippen LogP contribution in [0.5, 0.6) is 11.6 Å². The molecule has 8 heteroatoms. The Kier molecular flexibility index (Phi) is 5.27. The number of benzene rings is 1. The quantitative estimate of drug-likeness (QED) is 0.679. The van der Waals surface area contributed by atoms with Crippen LogP contribution in [0.25, 0.3) is 0 Å². The largest absolute Gasteiger partial charge is 0.434 e. The summed E-state index contributed by atoms with van der Waals surface area (Å²) in [6, 6.07) is 8.01. The van der Waals surface area contributed by atoms with E-state index in [1.54, 1.807) is 47.5 Å². The van der Waals surface area contributed by atoms with Gasteiger partial charge in [0.25, 0.3) is 0 Å². The maximum absolute atomic E-state index is 13.9. The molecule has 28 heavy (non-hydrogen) atoms. The minimum absolute atomic E-state index is 0.0455. The van der Waals surface area contributed by atoms with Crippen molar-refractivity contribution in [1.29, 1.82) is 0 Å². The number of likely N-dealkylation sites (tertiary alicyclic amines) is 1. The second-order valence-corrected chi connectivity index (χ2v) is 6.64. The smallest absolute Gasteiger partial charge is 0.244 e. The van der Waals surface area contributed by atoms with Crippen molar-refractivity contribution in [2.75, 3.05) is 13.1 Å². The van der Waals surface area contributed by atoms with E-state index >= 15 is 0 Å². The molecule has 0 aliphatic carbocycles. The predicted molar refractivity (Wildman–Crippen MR) is 99.3 cm³/mol. The molecule has 0 spiro atoms. The second-order valence-electron chi connectivity index (χ2n) is 6.64. The number of aromatic nitrogens is 4. The van der Waals surface area contributed by atoms with Crippen molar-refractivity contribution in [1.82, 2.24) is 24.6 Å². The number of carbonyl (C=O) groups excluding carboxylic acids is 1. The van der Waals surface area contributed by atoms with Crippen LogP contribution in [0.4, 0.5) is 4.39 Å². The first-order chi connectivity index (χ1) is 13.7. The molecule has 1 amide bonds. The average molecular weight is 381 g/mol. The van der Waals surface area contributed by atoms with Crippen LogP contribution in [0.3, 0.4) is 0 Å². The molecule has 1 fully saturated rings. The van der Waals surface area contributed by atoms with E-state index in [0.29, 0.717) is 24.7 Å². The molecule has 0 atom stereocenters. The fourth-order valence-electron chi connectivity index (χ4n) is 3.36. The lowest BCUT2D eigenvalue weighted by Gasteiger charge is -2.32. The third-order valence-electron chi connectivity index (χ3n) is 4.83. The van der Waals surface area contributed by atoms with Crippen LogP contribution in [0.2, 0.25) is 0 Å². The first-order valence-electron chi connectivity index (χ1n) is 9.19. The number of hydrogen-bond acceptors (Lipinski definition) is 5. The summed E-state index contributed by atoms with van der Waals surface area (Å²) in [5, 5.41) is 4.08. The predicted octanol–water partition coefficient (Wildman–Crippen LogP) is 3.01. The van der Waals surface area contributed by atoms with Gasteiger partial charge in [-0.25, -0.2) is 9.37 Å². The van der Waals surface area contributed by atoms with Gasteiger partial charge in [0.1, 0.15) is 12.2 Å². The van der Waals surface area contributed by atoms with Gasteiger partial charge in [-0.1, -0.05) is 12.1 Å². The Morgan fingerprint density at radius 2 is 1.89 bits per heavy atom. The molecule has 0 bridgehead atoms. The van der Waals surface area contributed by atoms with E-state index in [1.807, 2.05) is 4.90 Å². The summed E-state index contributed by atoms with van der Waals surface area (Å²) in [5.74, 6) is 0.136. The number of carbonyl (C=O) groups is 1. The van der Waals surface area contributed by atoms with E-state index in [1.165, 1.54) is 12.3 Å². The van der Waals surface area contributed by atoms with Crippen LogP contribution >= 0.6 is 0 Å². The number of para-hydroxylation sites is 1. The Bertz CT molecular complexity index is 939. The number of amides is 1. The maximum Gasteiger partial charge on any atom is 0.244 e. The zero-order chi connectivity index (χ0) is 19.3. The molecule has 1 aromatic carbocycles. The molecule has 0 saturated carbocycles. The van der Waals surface area contributed by atoms with Gasteiger partial charge in [0.05, 0.1) is 0 Å². The monoisotopic (exact) mass is 381 g/mol. The number of hydrogen-bond donors (Lipinski definition) is 0. The highest BCUT2D eigenvalue weighted by atomic mass is 19.1. The summed E-state index contributed by atoms with van der Waals surface area (Å²) in [6.45, 7) is 1.49. The van der Waals surface area contributed by atoms with Crippen molar-refractivity contribution in [2.24, 2.45) is 0 Å². The molecule has 4 rings (SSSR count). The van der Waals surface area contributed by atoms with Gasteiger partial charge in [-0.15, -0.1) is 0 Å². The number of ether oxygens (including phenoxy) is 1. The summed E-state index contributed by atoms with van der Waals surface area (Å²) in [4.78, 5) is 22.9. The first-order valence-corrected chi connectivity index (χ1v) is 9.19. The average Bonchev–Trinajstić information content (AvgIpc) is 3.23. The lowest BCUT2D eigenvalue weighted by Crippen LogP contribution is -2.40. The number of rotatable bonds is 5. The third kappa shape index (κ3) is 4.00. The van der Waals surface area contributed by atoms with E-state index in [2.05, 4.69) is 15.1 Å². The lowest BCUT2D eigenvalue weighted by atomic mass is 9.93. The van der Waals surface area contributed by atoms with Crippen LogP contribution in [-0.2, 0) is 11.3 Å². The van der Waals surface area contributed by atoms with Gasteiger partial charge in [0.15, 0.2) is 11.6 Å². The number of halogens is 1. The van der Waals surface area contributed by atoms with Crippen molar-refractivity contribution in [3.63, 3.8) is 0 Å². The summed E-state index contributed by atoms with van der Waals surface area (Å²) >= 11 is 0. The van der Waals surface area contributed by atoms with Gasteiger partial charge in [-0.3, -0.25) is 14.5 Å². The zero-order valence-electron chi connectivity index (χ0n) is 15.2. The highest BCUT2D eigenvalue weighted by molar-refractivity contribution is 5.76. The Morgan fingerprint density at radius 3 is 2.64 bits per heavy atom. The molecule has 0 N–H and O–H groups in total. The van der Waals surface area contributed by atoms with Crippen LogP contribution in [0.15, 0.2) is 55.1 Å². The molecule has 1 aliphatic rings. The molecular formula is C20H20FN5O2. The van der Waals surface area contributed by atoms with E-state index in [9.17, 15) is 9.18 Å². The molecule has 1 aliphatic heterocycles. The van der Waals surface area contributed by atoms with Crippen LogP contribution < -0.4 is 4.74 Å². The van der Waals surface area contributed by atoms with Crippen LogP contribution in [0, 0.1) is 5.82 Å². The Labute approximate surface area is 161 Å². The van der Waals surface area contributed by atoms with Crippen molar-refractivity contribution < 1.29 is 13.9 Å². The maximum atomic E-state index is 13.9. The fraction of sp³-hybridized carbons (Fsp3) is 0.300. The van der Waals surface area contributed by atoms with E-state index < -0.39 is 5.82 Å². The Hall–Kier alpha value is -3.29. The van der Waals surface area contributed by atoms with Crippen LogP contribution in [0.1, 0.15) is 24.5 Å². The Balaban J connectivity index is 1.42. The minimum atomic E-state index is -0.446. The highest BCUT2D eigenvalue weighted by Gasteiger charge is 2.27. The van der Waals surface area contributed by atoms with Crippen LogP contribution in [-0.4, -0.2) is 43.6 Å². The number of nitrogens with zero attached hydrogens (tertiary/aromatic N) is 5. The normalized spacial score (nSPS) is 14.8. The molecule has 1 saturated heterocycles. The molecule has 3 heterocycles. The molecular weight excluding hydrogens is 361 g/mol. The van der Waals surface area contributed by atoms with Crippen molar-refractivity contribution >= 4 is 5.91 Å². The van der Waals surface area contributed by atoms with Gasteiger partial charge in [-0.05, 0) is 31.0 Å². The summed E-state index contributed by atoms with van der Waals surface area (Å²) < 4.78 is 21.2. The van der Waals surface area contributed by atoms with E-state index in [0.717, 1.165) is 12.8 Å². The van der Waals surface area contributed by atoms with Crippen molar-refractivity contribution in [3.05, 3.63) is 66.6 Å². The molecule has 0 unspecified atom stereocenters. The van der Waals surface area contributed by atoms with Gasteiger partial charge in [0, 0.05) is 43.8 Å². The van der Waals surface area contributed by atoms with Crippen molar-refractivity contribution in [3.8, 4) is 11.6 Å². The lowest BCUT2D eigenvalue weighted by molar-refractivity contribution is -0.133. The zero-order valence-corrected chi connectivity index (χ0v) is 15.2. The SMILES string of the molecule is O=C(Cn1cccn1)N1CCC(c2nccnc2Oc2ccccc2F)CC1. The minimum Gasteiger partial charge on any atom is -0.434 e. The summed E-state index contributed by atoms with van der Waals surface area (Å²) in [6.07, 6.45) is 8.07. The van der Waals surface area contributed by atoms with Gasteiger partial charge in [0.2, 0.25) is 11.8 Å². The summed E-state index contributed by atoms with van der Waals surface area (Å²) in [5.41, 5.74) is 0.699. The standard InChI is InChI=1S/C20H20FN5O2/c21-16-4-1-2-5-17(16)28-20-19(22-9-10-23-20)15-6-12-25(13-7-15)18(27)14-26-11-3-8-24-26/h1-5,8-11,15H,6-7,12-14H2. The van der Waals surface area contributed by atoms with E-state index in [-0.39, 0.29) is 24.1 Å². The summed E-state index contributed by atoms with van der Waals surface area (Å²) in [7, 11) is 0.